The molecule has 0 aliphatic heterocycles. The van der Waals surface area contributed by atoms with E-state index in [9.17, 15) is 5.11 Å². The normalized spacial score (nSPS) is 18.2. The van der Waals surface area contributed by atoms with Crippen LogP contribution in [0, 0.1) is 0 Å². The Morgan fingerprint density at radius 3 is 2.62 bits per heavy atom. The van der Waals surface area contributed by atoms with E-state index in [-0.39, 0.29) is 12.1 Å². The predicted molar refractivity (Wildman–Crippen MR) is 128 cm³/mol. The minimum Gasteiger partial charge on any atom is -0.393 e. The Balaban J connectivity index is 1.59. The molecule has 8 nitrogen and oxygen atoms in total. The molecule has 4 N–H and O–H groups in total. The third-order valence-electron chi connectivity index (χ3n) is 5.63. The van der Waals surface area contributed by atoms with Crippen molar-refractivity contribution < 1.29 is 5.11 Å². The predicted octanol–water partition coefficient (Wildman–Crippen LogP) is 4.60. The van der Waals surface area contributed by atoms with Crippen LogP contribution in [-0.4, -0.2) is 43.7 Å². The average molecular weight is 434 g/mol. The summed E-state index contributed by atoms with van der Waals surface area (Å²) >= 11 is 0. The molecule has 1 aliphatic carbocycles. The van der Waals surface area contributed by atoms with Gasteiger partial charge in [0.05, 0.1) is 17.4 Å². The van der Waals surface area contributed by atoms with Gasteiger partial charge in [0.15, 0.2) is 0 Å². The maximum Gasteiger partial charge on any atom is 0.224 e. The molecule has 1 aliphatic rings. The smallest absolute Gasteiger partial charge is 0.224 e. The van der Waals surface area contributed by atoms with Crippen molar-refractivity contribution in [1.29, 1.82) is 0 Å². The molecule has 0 atom stereocenters. The van der Waals surface area contributed by atoms with Gasteiger partial charge in [0.2, 0.25) is 5.95 Å². The molecule has 0 saturated heterocycles. The van der Waals surface area contributed by atoms with Crippen LogP contribution in [-0.2, 0) is 0 Å². The first kappa shape index (κ1) is 22.0. The van der Waals surface area contributed by atoms with Gasteiger partial charge in [-0.15, -0.1) is 0 Å². The number of unbranched alkanes of at least 4 members (excludes halogenated alkanes) is 1. The van der Waals surface area contributed by atoms with E-state index < -0.39 is 0 Å². The first-order valence-corrected chi connectivity index (χ1v) is 11.4. The minimum atomic E-state index is -0.197. The van der Waals surface area contributed by atoms with Crippen molar-refractivity contribution in [3.63, 3.8) is 0 Å². The number of nitrogens with zero attached hydrogens (tertiary/aromatic N) is 4. The monoisotopic (exact) mass is 433 g/mol. The third-order valence-corrected chi connectivity index (χ3v) is 5.63. The van der Waals surface area contributed by atoms with Gasteiger partial charge in [-0.3, -0.25) is 0 Å². The topological polar surface area (TPSA) is 108 Å². The van der Waals surface area contributed by atoms with E-state index >= 15 is 0 Å². The SMILES string of the molecule is CCCCNc1ncc(-c2cc(Nc3ccccc3)ncn2)c(NC2CCC(O)CC2)n1. The van der Waals surface area contributed by atoms with E-state index in [1.165, 1.54) is 0 Å². The molecular formula is C24H31N7O. The molecule has 3 aromatic rings. The zero-order valence-electron chi connectivity index (χ0n) is 18.5. The van der Waals surface area contributed by atoms with Crippen molar-refractivity contribution >= 4 is 23.3 Å². The molecule has 1 aromatic carbocycles. The molecule has 4 rings (SSSR count). The molecule has 0 amide bonds. The lowest BCUT2D eigenvalue weighted by Gasteiger charge is -2.27. The number of benzene rings is 1. The fourth-order valence-corrected chi connectivity index (χ4v) is 3.80. The summed E-state index contributed by atoms with van der Waals surface area (Å²) in [4.78, 5) is 18.1. The number of aliphatic hydroxyl groups is 1. The van der Waals surface area contributed by atoms with Gasteiger partial charge < -0.3 is 21.1 Å². The Morgan fingerprint density at radius 2 is 1.84 bits per heavy atom. The molecular weight excluding hydrogens is 402 g/mol. The average Bonchev–Trinajstić information content (AvgIpc) is 2.82. The van der Waals surface area contributed by atoms with Crippen LogP contribution in [0.1, 0.15) is 45.4 Å². The summed E-state index contributed by atoms with van der Waals surface area (Å²) in [6.45, 7) is 3.00. The van der Waals surface area contributed by atoms with Gasteiger partial charge in [0.25, 0.3) is 0 Å². The van der Waals surface area contributed by atoms with Gasteiger partial charge in [0.1, 0.15) is 18.0 Å². The standard InChI is InChI=1S/C24H31N7O/c1-2-3-13-25-24-26-15-20(23(31-24)30-18-9-11-19(32)12-10-18)21-14-22(28-16-27-21)29-17-7-5-4-6-8-17/h4-8,14-16,18-19,32H,2-3,9-13H2,1H3,(H,27,28,29)(H2,25,26,30,31). The van der Waals surface area contributed by atoms with Crippen LogP contribution in [0.15, 0.2) is 48.9 Å². The zero-order valence-corrected chi connectivity index (χ0v) is 18.5. The lowest BCUT2D eigenvalue weighted by Crippen LogP contribution is -2.29. The van der Waals surface area contributed by atoms with Gasteiger partial charge in [-0.2, -0.15) is 4.98 Å². The van der Waals surface area contributed by atoms with Crippen LogP contribution >= 0.6 is 0 Å². The zero-order chi connectivity index (χ0) is 22.2. The van der Waals surface area contributed by atoms with E-state index in [0.29, 0.717) is 11.8 Å². The number of aromatic nitrogens is 4. The Hall–Kier alpha value is -3.26. The number of para-hydroxylation sites is 1. The number of hydrogen-bond acceptors (Lipinski definition) is 8. The van der Waals surface area contributed by atoms with Crippen molar-refractivity contribution in [3.05, 3.63) is 48.9 Å². The second-order valence-corrected chi connectivity index (χ2v) is 8.17. The first-order chi connectivity index (χ1) is 15.7. The van der Waals surface area contributed by atoms with Crippen LogP contribution in [0.2, 0.25) is 0 Å². The summed E-state index contributed by atoms with van der Waals surface area (Å²) in [5, 5.41) is 20.1. The van der Waals surface area contributed by atoms with Crippen LogP contribution in [0.5, 0.6) is 0 Å². The summed E-state index contributed by atoms with van der Waals surface area (Å²) < 4.78 is 0. The second-order valence-electron chi connectivity index (χ2n) is 8.17. The summed E-state index contributed by atoms with van der Waals surface area (Å²) in [5.41, 5.74) is 2.54. The molecule has 32 heavy (non-hydrogen) atoms. The minimum absolute atomic E-state index is 0.197. The summed E-state index contributed by atoms with van der Waals surface area (Å²) in [7, 11) is 0. The summed E-state index contributed by atoms with van der Waals surface area (Å²) in [6, 6.07) is 12.1. The van der Waals surface area contributed by atoms with Gasteiger partial charge in [-0.25, -0.2) is 15.0 Å². The first-order valence-electron chi connectivity index (χ1n) is 11.4. The van der Waals surface area contributed by atoms with E-state index in [0.717, 1.165) is 67.8 Å². The lowest BCUT2D eigenvalue weighted by molar-refractivity contribution is 0.126. The molecule has 168 valence electrons. The highest BCUT2D eigenvalue weighted by molar-refractivity contribution is 5.75. The number of hydrogen-bond donors (Lipinski definition) is 4. The molecule has 0 unspecified atom stereocenters. The van der Waals surface area contributed by atoms with Crippen molar-refractivity contribution in [3.8, 4) is 11.3 Å². The Labute approximate surface area is 189 Å². The van der Waals surface area contributed by atoms with Crippen molar-refractivity contribution in [2.24, 2.45) is 0 Å². The van der Waals surface area contributed by atoms with Gasteiger partial charge in [-0.05, 0) is 44.2 Å². The van der Waals surface area contributed by atoms with E-state index in [2.05, 4.69) is 37.8 Å². The van der Waals surface area contributed by atoms with Crippen LogP contribution in [0.4, 0.5) is 23.3 Å². The summed E-state index contributed by atoms with van der Waals surface area (Å²) in [6.07, 6.45) is 8.77. The second kappa shape index (κ2) is 10.9. The third kappa shape index (κ3) is 5.91. The molecule has 2 heterocycles. The van der Waals surface area contributed by atoms with E-state index in [1.807, 2.05) is 42.6 Å². The Morgan fingerprint density at radius 1 is 1.03 bits per heavy atom. The number of anilines is 4. The summed E-state index contributed by atoms with van der Waals surface area (Å²) in [5.74, 6) is 2.07. The fraction of sp³-hybridized carbons (Fsp3) is 0.417. The maximum absolute atomic E-state index is 9.85. The van der Waals surface area contributed by atoms with Gasteiger partial charge in [0, 0.05) is 30.5 Å². The molecule has 1 fully saturated rings. The highest BCUT2D eigenvalue weighted by Gasteiger charge is 2.21. The Kier molecular flexibility index (Phi) is 7.45. The molecule has 0 radical (unpaired) electrons. The van der Waals surface area contributed by atoms with Crippen LogP contribution in [0.3, 0.4) is 0 Å². The fourth-order valence-electron chi connectivity index (χ4n) is 3.80. The number of rotatable bonds is 9. The Bertz CT molecular complexity index is 991. The largest absolute Gasteiger partial charge is 0.393 e. The van der Waals surface area contributed by atoms with Crippen molar-refractivity contribution in [2.75, 3.05) is 22.5 Å². The van der Waals surface area contributed by atoms with Crippen LogP contribution < -0.4 is 16.0 Å². The highest BCUT2D eigenvalue weighted by Crippen LogP contribution is 2.30. The van der Waals surface area contributed by atoms with E-state index in [1.54, 1.807) is 6.33 Å². The van der Waals surface area contributed by atoms with Gasteiger partial charge in [-0.1, -0.05) is 31.5 Å². The molecule has 1 saturated carbocycles. The maximum atomic E-state index is 9.85. The number of aliphatic hydroxyl groups excluding tert-OH is 1. The molecule has 0 spiro atoms. The number of nitrogens with one attached hydrogen (secondary N) is 3. The van der Waals surface area contributed by atoms with Crippen LogP contribution in [0.25, 0.3) is 11.3 Å². The molecule has 0 bridgehead atoms. The van der Waals surface area contributed by atoms with Crippen molar-refractivity contribution in [2.45, 2.75) is 57.6 Å². The van der Waals surface area contributed by atoms with Crippen molar-refractivity contribution in [1.82, 2.24) is 19.9 Å². The lowest BCUT2D eigenvalue weighted by atomic mass is 9.93. The quantitative estimate of drug-likeness (QED) is 0.363. The highest BCUT2D eigenvalue weighted by atomic mass is 16.3. The van der Waals surface area contributed by atoms with E-state index in [4.69, 9.17) is 4.98 Å². The molecule has 8 heteroatoms. The molecule has 2 aromatic heterocycles. The van der Waals surface area contributed by atoms with Gasteiger partial charge >= 0.3 is 0 Å².